The van der Waals surface area contributed by atoms with E-state index in [0.717, 1.165) is 42.6 Å². The predicted octanol–water partition coefficient (Wildman–Crippen LogP) is 3.88. The van der Waals surface area contributed by atoms with Crippen LogP contribution in [-0.2, 0) is 20.9 Å². The van der Waals surface area contributed by atoms with Gasteiger partial charge >= 0.3 is 11.9 Å². The average Bonchev–Trinajstić information content (AvgIpc) is 3.16. The molecule has 2 aliphatic rings. The van der Waals surface area contributed by atoms with Crippen LogP contribution in [0, 0.1) is 6.92 Å². The zero-order valence-corrected chi connectivity index (χ0v) is 19.1. The first-order chi connectivity index (χ1) is 16.6. The molecule has 34 heavy (non-hydrogen) atoms. The van der Waals surface area contributed by atoms with Gasteiger partial charge in [-0.05, 0) is 44.0 Å². The first kappa shape index (κ1) is 22.2. The molecular formula is C26H27N3O5. The van der Waals surface area contributed by atoms with Crippen LogP contribution in [0.15, 0.2) is 54.6 Å². The molecule has 8 heteroatoms. The lowest BCUT2D eigenvalue weighted by Gasteiger charge is -2.29. The number of carbonyl (C=O) groups is 2. The lowest BCUT2D eigenvalue weighted by Crippen LogP contribution is -2.37. The van der Waals surface area contributed by atoms with E-state index in [1.54, 1.807) is 0 Å². The van der Waals surface area contributed by atoms with E-state index >= 15 is 0 Å². The van der Waals surface area contributed by atoms with Crippen LogP contribution >= 0.6 is 0 Å². The maximum absolute atomic E-state index is 12.4. The van der Waals surface area contributed by atoms with E-state index in [4.69, 9.17) is 14.2 Å². The molecule has 0 spiro atoms. The molecule has 3 heterocycles. The number of cyclic esters (lactones) is 1. The third-order valence-corrected chi connectivity index (χ3v) is 6.13. The van der Waals surface area contributed by atoms with Crippen molar-refractivity contribution < 1.29 is 23.8 Å². The number of aromatic nitrogens is 2. The quantitative estimate of drug-likeness (QED) is 0.407. The summed E-state index contributed by atoms with van der Waals surface area (Å²) in [4.78, 5) is 27.0. The summed E-state index contributed by atoms with van der Waals surface area (Å²) in [7, 11) is 0. The molecule has 1 atom stereocenters. The predicted molar refractivity (Wildman–Crippen MR) is 124 cm³/mol. The number of hydrogen-bond acceptors (Lipinski definition) is 7. The molecule has 2 aliphatic heterocycles. The van der Waals surface area contributed by atoms with Crippen molar-refractivity contribution in [1.29, 1.82) is 0 Å². The molecule has 0 N–H and O–H groups in total. The summed E-state index contributed by atoms with van der Waals surface area (Å²) in [6.45, 7) is 4.52. The van der Waals surface area contributed by atoms with Gasteiger partial charge in [0.15, 0.2) is 0 Å². The van der Waals surface area contributed by atoms with E-state index in [1.807, 2.05) is 61.5 Å². The smallest absolute Gasteiger partial charge is 0.424 e. The highest BCUT2D eigenvalue weighted by atomic mass is 16.6. The average molecular weight is 462 g/mol. The molecule has 3 aromatic rings. The molecule has 1 fully saturated rings. The largest absolute Gasteiger partial charge is 0.471 e. The molecule has 0 saturated carbocycles. The Hall–Kier alpha value is -3.65. The molecular weight excluding hydrogens is 434 g/mol. The number of esters is 2. The Morgan fingerprint density at radius 3 is 2.44 bits per heavy atom. The third kappa shape index (κ3) is 4.68. The molecule has 8 nitrogen and oxygen atoms in total. The summed E-state index contributed by atoms with van der Waals surface area (Å²) in [5, 5.41) is 4.65. The topological polar surface area (TPSA) is 82.9 Å². The molecule has 0 bridgehead atoms. The Kier molecular flexibility index (Phi) is 6.31. The Morgan fingerprint density at radius 2 is 1.71 bits per heavy atom. The van der Waals surface area contributed by atoms with Crippen LogP contribution in [-0.4, -0.2) is 46.3 Å². The highest BCUT2D eigenvalue weighted by Crippen LogP contribution is 2.42. The minimum absolute atomic E-state index is 0.157. The number of nitrogens with zero attached hydrogens (tertiary/aromatic N) is 3. The molecule has 2 aromatic carbocycles. The second kappa shape index (κ2) is 9.69. The number of fused-ring (bicyclic) bond motifs is 1. The van der Waals surface area contributed by atoms with Crippen LogP contribution in [0.5, 0.6) is 11.8 Å². The Bertz CT molecular complexity index is 1170. The zero-order valence-electron chi connectivity index (χ0n) is 19.1. The van der Waals surface area contributed by atoms with Gasteiger partial charge in [-0.2, -0.15) is 4.68 Å². The molecule has 1 unspecified atom stereocenters. The van der Waals surface area contributed by atoms with Gasteiger partial charge in [-0.25, -0.2) is 9.59 Å². The van der Waals surface area contributed by atoms with E-state index in [-0.39, 0.29) is 5.88 Å². The number of likely N-dealkylation sites (tertiary alicyclic amines) is 1. The molecule has 0 radical (unpaired) electrons. The van der Waals surface area contributed by atoms with Crippen LogP contribution in [0.3, 0.4) is 0 Å². The summed E-state index contributed by atoms with van der Waals surface area (Å²) in [6, 6.07) is 17.5. The number of piperidine rings is 1. The summed E-state index contributed by atoms with van der Waals surface area (Å²) in [5.74, 6) is -1.61. The molecule has 176 valence electrons. The number of aryl methyl sites for hydroxylation is 1. The molecule has 0 aliphatic carbocycles. The fraction of sp³-hybridized carbons (Fsp3) is 0.346. The highest BCUT2D eigenvalue weighted by Gasteiger charge is 2.37. The number of carbonyl (C=O) groups excluding carboxylic acids is 2. The summed E-state index contributed by atoms with van der Waals surface area (Å²) in [6.07, 6.45) is 2.56. The van der Waals surface area contributed by atoms with E-state index < -0.39 is 18.2 Å². The van der Waals surface area contributed by atoms with Gasteiger partial charge in [0.1, 0.15) is 12.2 Å². The zero-order chi connectivity index (χ0) is 23.5. The molecule has 5 rings (SSSR count). The second-order valence-electron chi connectivity index (χ2n) is 8.68. The Morgan fingerprint density at radius 1 is 0.971 bits per heavy atom. The number of benzene rings is 2. The van der Waals surface area contributed by atoms with Crippen LogP contribution in [0.2, 0.25) is 0 Å². The number of ether oxygens (including phenoxy) is 3. The maximum Gasteiger partial charge on any atom is 0.424 e. The standard InChI is InChI=1S/C26H27N3O5/c1-18-10-12-20(13-11-18)22-23(32-17-19-8-4-2-5-9-19)27-29-21(16-28-14-6-3-7-15-28)33-25(30)26(31)34-24(22)29/h2,4-5,8-13,21H,3,6-7,14-17H2,1H3. The summed E-state index contributed by atoms with van der Waals surface area (Å²) >= 11 is 0. The fourth-order valence-electron chi connectivity index (χ4n) is 4.31. The molecule has 1 saturated heterocycles. The normalized spacial score (nSPS) is 18.6. The van der Waals surface area contributed by atoms with Gasteiger partial charge in [0, 0.05) is 0 Å². The van der Waals surface area contributed by atoms with Crippen molar-refractivity contribution in [2.75, 3.05) is 19.6 Å². The van der Waals surface area contributed by atoms with Crippen molar-refractivity contribution in [3.8, 4) is 22.9 Å². The first-order valence-corrected chi connectivity index (χ1v) is 11.6. The Labute approximate surface area is 198 Å². The summed E-state index contributed by atoms with van der Waals surface area (Å²) in [5.41, 5.74) is 3.36. The number of rotatable bonds is 6. The van der Waals surface area contributed by atoms with Gasteiger partial charge in [0.25, 0.3) is 0 Å². The van der Waals surface area contributed by atoms with Gasteiger partial charge in [0.05, 0.1) is 6.54 Å². The monoisotopic (exact) mass is 461 g/mol. The van der Waals surface area contributed by atoms with Crippen molar-refractivity contribution in [3.05, 3.63) is 65.7 Å². The van der Waals surface area contributed by atoms with Crippen molar-refractivity contribution in [2.24, 2.45) is 0 Å². The minimum atomic E-state index is -1.06. The highest BCUT2D eigenvalue weighted by molar-refractivity contribution is 6.30. The van der Waals surface area contributed by atoms with E-state index in [1.165, 1.54) is 11.1 Å². The van der Waals surface area contributed by atoms with E-state index in [0.29, 0.717) is 24.6 Å². The maximum atomic E-state index is 12.4. The van der Waals surface area contributed by atoms with Crippen LogP contribution < -0.4 is 9.47 Å². The van der Waals surface area contributed by atoms with Crippen LogP contribution in [0.4, 0.5) is 0 Å². The van der Waals surface area contributed by atoms with Gasteiger partial charge < -0.3 is 14.2 Å². The van der Waals surface area contributed by atoms with Crippen molar-refractivity contribution >= 4 is 11.9 Å². The van der Waals surface area contributed by atoms with Crippen LogP contribution in [0.25, 0.3) is 11.1 Å². The summed E-state index contributed by atoms with van der Waals surface area (Å²) < 4.78 is 18.7. The van der Waals surface area contributed by atoms with Crippen molar-refractivity contribution in [2.45, 2.75) is 39.0 Å². The molecule has 1 aromatic heterocycles. The SMILES string of the molecule is Cc1ccc(-c2c(OCc3ccccc3)nn3c2OC(=O)C(=O)OC3CN2CCCCC2)cc1. The second-order valence-corrected chi connectivity index (χ2v) is 8.68. The van der Waals surface area contributed by atoms with Crippen molar-refractivity contribution in [1.82, 2.24) is 14.7 Å². The molecule has 0 amide bonds. The minimum Gasteiger partial charge on any atom is -0.471 e. The van der Waals surface area contributed by atoms with Gasteiger partial charge in [-0.15, -0.1) is 5.10 Å². The number of hydrogen-bond donors (Lipinski definition) is 0. The van der Waals surface area contributed by atoms with Crippen LogP contribution in [0.1, 0.15) is 36.6 Å². The third-order valence-electron chi connectivity index (χ3n) is 6.13. The Balaban J connectivity index is 1.56. The van der Waals surface area contributed by atoms with E-state index in [9.17, 15) is 9.59 Å². The van der Waals surface area contributed by atoms with Gasteiger partial charge in [-0.1, -0.05) is 66.6 Å². The lowest BCUT2D eigenvalue weighted by molar-refractivity contribution is -0.167. The first-order valence-electron chi connectivity index (χ1n) is 11.6. The lowest BCUT2D eigenvalue weighted by atomic mass is 10.1. The van der Waals surface area contributed by atoms with Crippen molar-refractivity contribution in [3.63, 3.8) is 0 Å². The fourth-order valence-corrected chi connectivity index (χ4v) is 4.31. The van der Waals surface area contributed by atoms with E-state index in [2.05, 4.69) is 10.00 Å². The van der Waals surface area contributed by atoms with Gasteiger partial charge in [0.2, 0.25) is 18.0 Å². The van der Waals surface area contributed by atoms with Gasteiger partial charge in [-0.3, -0.25) is 4.90 Å².